The summed E-state index contributed by atoms with van der Waals surface area (Å²) in [5, 5.41) is 3.82. The van der Waals surface area contributed by atoms with Crippen molar-refractivity contribution < 1.29 is 23.6 Å². The third-order valence-corrected chi connectivity index (χ3v) is 4.17. The van der Waals surface area contributed by atoms with Gasteiger partial charge in [-0.15, -0.1) is 0 Å². The monoisotopic (exact) mass is 344 g/mol. The molecule has 2 heterocycles. The van der Waals surface area contributed by atoms with Crippen LogP contribution in [0.1, 0.15) is 30.4 Å². The minimum Gasteiger partial charge on any atom is -0.479 e. The summed E-state index contributed by atoms with van der Waals surface area (Å²) in [6, 6.07) is 7.28. The largest absolute Gasteiger partial charge is 0.479 e. The van der Waals surface area contributed by atoms with E-state index in [4.69, 9.17) is 14.0 Å². The van der Waals surface area contributed by atoms with Gasteiger partial charge in [0.15, 0.2) is 6.10 Å². The van der Waals surface area contributed by atoms with Gasteiger partial charge in [-0.1, -0.05) is 17.3 Å². The van der Waals surface area contributed by atoms with Gasteiger partial charge in [0.25, 0.3) is 5.91 Å². The van der Waals surface area contributed by atoms with Crippen LogP contribution in [-0.4, -0.2) is 29.7 Å². The van der Waals surface area contributed by atoms with Crippen molar-refractivity contribution in [2.24, 2.45) is 0 Å². The number of esters is 1. The molecule has 0 saturated carbocycles. The van der Waals surface area contributed by atoms with Crippen LogP contribution in [-0.2, 0) is 20.9 Å². The first kappa shape index (κ1) is 17.0. The number of carbonyl (C=O) groups excluding carboxylic acids is 2. The number of hydrogen-bond acceptors (Lipinski definition) is 6. The minimum atomic E-state index is -0.576. The molecule has 7 nitrogen and oxygen atoms in total. The molecule has 0 bridgehead atoms. The van der Waals surface area contributed by atoms with Gasteiger partial charge in [0.2, 0.25) is 0 Å². The van der Waals surface area contributed by atoms with E-state index >= 15 is 0 Å². The van der Waals surface area contributed by atoms with Crippen molar-refractivity contribution in [3.8, 4) is 5.75 Å². The molecule has 0 N–H and O–H groups in total. The molecule has 25 heavy (non-hydrogen) atoms. The van der Waals surface area contributed by atoms with Crippen LogP contribution in [0.4, 0.5) is 5.69 Å². The highest BCUT2D eigenvalue weighted by molar-refractivity contribution is 6.00. The summed E-state index contributed by atoms with van der Waals surface area (Å²) in [6.07, 6.45) is -0.482. The fourth-order valence-corrected chi connectivity index (χ4v) is 2.73. The van der Waals surface area contributed by atoms with E-state index in [1.54, 1.807) is 37.8 Å². The molecular weight excluding hydrogens is 324 g/mol. The van der Waals surface area contributed by atoms with Crippen LogP contribution >= 0.6 is 0 Å². The molecule has 0 radical (unpaired) electrons. The molecule has 2 aromatic rings. The summed E-state index contributed by atoms with van der Waals surface area (Å²) >= 11 is 0. The number of carbonyl (C=O) groups is 2. The second-order valence-corrected chi connectivity index (χ2v) is 5.93. The summed E-state index contributed by atoms with van der Waals surface area (Å²) < 4.78 is 15.9. The van der Waals surface area contributed by atoms with Crippen LogP contribution in [0.5, 0.6) is 5.75 Å². The Balaban J connectivity index is 1.61. The van der Waals surface area contributed by atoms with Gasteiger partial charge in [-0.2, -0.15) is 0 Å². The third kappa shape index (κ3) is 3.50. The number of ether oxygens (including phenoxy) is 2. The topological polar surface area (TPSA) is 81.9 Å². The highest BCUT2D eigenvalue weighted by Crippen LogP contribution is 2.33. The van der Waals surface area contributed by atoms with Gasteiger partial charge >= 0.3 is 5.97 Å². The van der Waals surface area contributed by atoms with Crippen LogP contribution in [0.2, 0.25) is 0 Å². The Kier molecular flexibility index (Phi) is 4.74. The summed E-state index contributed by atoms with van der Waals surface area (Å²) in [6.45, 7) is 5.62. The first-order chi connectivity index (χ1) is 12.0. The van der Waals surface area contributed by atoms with E-state index in [1.807, 2.05) is 12.1 Å². The number of hydrogen-bond donors (Lipinski definition) is 0. The summed E-state index contributed by atoms with van der Waals surface area (Å²) in [4.78, 5) is 26.0. The molecule has 1 aliphatic rings. The molecule has 1 amide bonds. The van der Waals surface area contributed by atoms with Crippen molar-refractivity contribution >= 4 is 17.6 Å². The summed E-state index contributed by atoms with van der Waals surface area (Å²) in [5.74, 6) is 0.719. The zero-order chi connectivity index (χ0) is 18.0. The van der Waals surface area contributed by atoms with Gasteiger partial charge in [0, 0.05) is 6.54 Å². The van der Waals surface area contributed by atoms with E-state index in [0.717, 1.165) is 5.56 Å². The predicted octanol–water partition coefficient (Wildman–Crippen LogP) is 2.54. The first-order valence-electron chi connectivity index (χ1n) is 8.12. The van der Waals surface area contributed by atoms with Gasteiger partial charge in [-0.25, -0.2) is 0 Å². The maximum absolute atomic E-state index is 12.4. The van der Waals surface area contributed by atoms with E-state index < -0.39 is 6.10 Å². The number of amides is 1. The van der Waals surface area contributed by atoms with Crippen LogP contribution in [0.25, 0.3) is 0 Å². The standard InChI is InChI=1S/C18H20N2O5/c1-11-14(12(2)25-19-11)10-23-17(21)8-9-20-15-6-4-5-7-16(15)24-13(3)18(20)22/h4-7,13H,8-10H2,1-3H3/t13-/m1/s1. The van der Waals surface area contributed by atoms with Gasteiger partial charge in [-0.05, 0) is 32.9 Å². The highest BCUT2D eigenvalue weighted by atomic mass is 16.5. The Bertz CT molecular complexity index is 779. The fourth-order valence-electron chi connectivity index (χ4n) is 2.73. The predicted molar refractivity (Wildman–Crippen MR) is 89.3 cm³/mol. The molecule has 0 saturated heterocycles. The Morgan fingerprint density at radius 1 is 1.32 bits per heavy atom. The molecule has 1 aromatic heterocycles. The SMILES string of the molecule is Cc1noc(C)c1COC(=O)CCN1C(=O)[C@@H](C)Oc2ccccc21. The van der Waals surface area contributed by atoms with Gasteiger partial charge in [0.1, 0.15) is 18.1 Å². The quantitative estimate of drug-likeness (QED) is 0.775. The molecule has 1 aliphatic heterocycles. The second kappa shape index (κ2) is 6.96. The second-order valence-electron chi connectivity index (χ2n) is 5.93. The molecule has 0 spiro atoms. The minimum absolute atomic E-state index is 0.0934. The normalized spacial score (nSPS) is 16.4. The lowest BCUT2D eigenvalue weighted by Gasteiger charge is -2.32. The van der Waals surface area contributed by atoms with E-state index in [2.05, 4.69) is 5.16 Å². The molecule has 3 rings (SSSR count). The van der Waals surface area contributed by atoms with Crippen molar-refractivity contribution in [2.75, 3.05) is 11.4 Å². The zero-order valence-corrected chi connectivity index (χ0v) is 14.4. The van der Waals surface area contributed by atoms with Crippen LogP contribution in [0.3, 0.4) is 0 Å². The van der Waals surface area contributed by atoms with E-state index in [-0.39, 0.29) is 31.4 Å². The van der Waals surface area contributed by atoms with E-state index in [0.29, 0.717) is 22.9 Å². The molecule has 1 aromatic carbocycles. The van der Waals surface area contributed by atoms with E-state index in [1.165, 1.54) is 0 Å². The van der Waals surface area contributed by atoms with Crippen molar-refractivity contribution in [2.45, 2.75) is 39.9 Å². The van der Waals surface area contributed by atoms with Crippen molar-refractivity contribution in [1.29, 1.82) is 0 Å². The molecular formula is C18H20N2O5. The van der Waals surface area contributed by atoms with Crippen LogP contribution < -0.4 is 9.64 Å². The number of aryl methyl sites for hydroxylation is 2. The Hall–Kier alpha value is -2.83. The molecule has 0 unspecified atom stereocenters. The van der Waals surface area contributed by atoms with Crippen LogP contribution in [0, 0.1) is 13.8 Å². The number of nitrogens with zero attached hydrogens (tertiary/aromatic N) is 2. The number of benzene rings is 1. The molecule has 0 fully saturated rings. The third-order valence-electron chi connectivity index (χ3n) is 4.17. The van der Waals surface area contributed by atoms with Gasteiger partial charge in [-0.3, -0.25) is 9.59 Å². The van der Waals surface area contributed by atoms with Gasteiger partial charge < -0.3 is 18.9 Å². The van der Waals surface area contributed by atoms with Crippen molar-refractivity contribution in [3.63, 3.8) is 0 Å². The maximum Gasteiger partial charge on any atom is 0.307 e. The fraction of sp³-hybridized carbons (Fsp3) is 0.389. The Morgan fingerprint density at radius 2 is 2.08 bits per heavy atom. The molecule has 132 valence electrons. The Morgan fingerprint density at radius 3 is 2.80 bits per heavy atom. The lowest BCUT2D eigenvalue weighted by molar-refractivity contribution is -0.144. The maximum atomic E-state index is 12.4. The number of fused-ring (bicyclic) bond motifs is 1. The van der Waals surface area contributed by atoms with Gasteiger partial charge in [0.05, 0.1) is 23.4 Å². The first-order valence-corrected chi connectivity index (χ1v) is 8.12. The Labute approximate surface area is 145 Å². The zero-order valence-electron chi connectivity index (χ0n) is 14.4. The average Bonchev–Trinajstić information content (AvgIpc) is 2.91. The van der Waals surface area contributed by atoms with Crippen molar-refractivity contribution in [3.05, 3.63) is 41.3 Å². The summed E-state index contributed by atoms with van der Waals surface area (Å²) in [7, 11) is 0. The molecule has 1 atom stereocenters. The average molecular weight is 344 g/mol. The summed E-state index contributed by atoms with van der Waals surface area (Å²) in [5.41, 5.74) is 2.15. The number of anilines is 1. The van der Waals surface area contributed by atoms with Crippen molar-refractivity contribution in [1.82, 2.24) is 5.16 Å². The lowest BCUT2D eigenvalue weighted by atomic mass is 10.2. The number of aromatic nitrogens is 1. The highest BCUT2D eigenvalue weighted by Gasteiger charge is 2.31. The number of rotatable bonds is 5. The van der Waals surface area contributed by atoms with E-state index in [9.17, 15) is 9.59 Å². The molecule has 0 aliphatic carbocycles. The lowest BCUT2D eigenvalue weighted by Crippen LogP contribution is -2.45. The van der Waals surface area contributed by atoms with Crippen LogP contribution in [0.15, 0.2) is 28.8 Å². The number of para-hydroxylation sites is 2. The molecule has 7 heteroatoms. The smallest absolute Gasteiger partial charge is 0.307 e.